The second-order valence-corrected chi connectivity index (χ2v) is 7.57. The van der Waals surface area contributed by atoms with Crippen molar-refractivity contribution < 1.29 is 19.2 Å². The third-order valence-electron chi connectivity index (χ3n) is 4.38. The molecule has 1 aromatic heterocycles. The first-order valence-corrected chi connectivity index (χ1v) is 11.0. The van der Waals surface area contributed by atoms with Gasteiger partial charge >= 0.3 is 0 Å². The molecule has 31 heavy (non-hydrogen) atoms. The van der Waals surface area contributed by atoms with Gasteiger partial charge in [-0.2, -0.15) is 0 Å². The quantitative estimate of drug-likeness (QED) is 0.570. The average Bonchev–Trinajstić information content (AvgIpc) is 2.78. The molecule has 0 aliphatic heterocycles. The number of hydrogen-bond acceptors (Lipinski definition) is 5. The fraction of sp³-hybridized carbons (Fsp3) is 0.609. The Labute approximate surface area is 186 Å². The molecule has 0 radical (unpaired) electrons. The Morgan fingerprint density at radius 1 is 1.10 bits per heavy atom. The average molecular weight is 435 g/mol. The summed E-state index contributed by atoms with van der Waals surface area (Å²) in [5.41, 5.74) is 0.384. The van der Waals surface area contributed by atoms with Crippen LogP contribution in [0.4, 0.5) is 0 Å². The molecular formula is C23H38N4O4. The number of nitrogens with zero attached hydrogens (tertiary/aromatic N) is 1. The molecule has 3 N–H and O–H groups in total. The molecule has 1 aromatic rings. The lowest BCUT2D eigenvalue weighted by molar-refractivity contribution is -0.128. The van der Waals surface area contributed by atoms with Gasteiger partial charge in [0.1, 0.15) is 12.3 Å². The lowest BCUT2D eigenvalue weighted by Gasteiger charge is -2.15. The molecule has 1 fully saturated rings. The molecule has 1 atom stereocenters. The van der Waals surface area contributed by atoms with Crippen LogP contribution < -0.4 is 16.0 Å². The van der Waals surface area contributed by atoms with Crippen molar-refractivity contribution in [3.63, 3.8) is 0 Å². The van der Waals surface area contributed by atoms with E-state index in [0.29, 0.717) is 11.8 Å². The first-order valence-electron chi connectivity index (χ1n) is 11.0. The Hall–Kier alpha value is -2.77. The monoisotopic (exact) mass is 434 g/mol. The lowest BCUT2D eigenvalue weighted by Crippen LogP contribution is -2.48. The number of nitrogens with one attached hydrogen (secondary N) is 3. The molecule has 8 heteroatoms. The van der Waals surface area contributed by atoms with Crippen LogP contribution in [0.1, 0.15) is 76.6 Å². The van der Waals surface area contributed by atoms with E-state index in [0.717, 1.165) is 5.92 Å². The van der Waals surface area contributed by atoms with E-state index in [1.165, 1.54) is 70.0 Å². The Morgan fingerprint density at radius 3 is 2.16 bits per heavy atom. The fourth-order valence-corrected chi connectivity index (χ4v) is 2.73. The summed E-state index contributed by atoms with van der Waals surface area (Å²) in [5, 5.41) is 7.13. The number of aromatic nitrogens is 1. The fourth-order valence-electron chi connectivity index (χ4n) is 2.73. The van der Waals surface area contributed by atoms with Crippen molar-refractivity contribution >= 4 is 24.0 Å². The van der Waals surface area contributed by atoms with Crippen LogP contribution >= 0.6 is 0 Å². The SMILES string of the molecule is CC(NC(=O)CNC(=O)c1ccncc1)C(=O)NCC=O.CC1CCCCC1.CCC. The van der Waals surface area contributed by atoms with Crippen LogP contribution in [-0.4, -0.2) is 48.1 Å². The Bertz CT molecular complexity index is 646. The van der Waals surface area contributed by atoms with Crippen LogP contribution in [0.2, 0.25) is 0 Å². The van der Waals surface area contributed by atoms with Crippen LogP contribution in [0.3, 0.4) is 0 Å². The topological polar surface area (TPSA) is 117 Å². The number of hydrogen-bond donors (Lipinski definition) is 3. The minimum Gasteiger partial charge on any atom is -0.348 e. The highest BCUT2D eigenvalue weighted by atomic mass is 16.2. The second-order valence-electron chi connectivity index (χ2n) is 7.57. The highest BCUT2D eigenvalue weighted by molar-refractivity contribution is 5.97. The van der Waals surface area contributed by atoms with Gasteiger partial charge in [-0.1, -0.05) is 59.3 Å². The van der Waals surface area contributed by atoms with Crippen LogP contribution in [0.5, 0.6) is 0 Å². The number of aldehydes is 1. The first-order chi connectivity index (χ1) is 14.8. The number of rotatable bonds is 7. The zero-order valence-electron chi connectivity index (χ0n) is 19.3. The molecule has 1 heterocycles. The van der Waals surface area contributed by atoms with Gasteiger partial charge in [0.15, 0.2) is 0 Å². The first kappa shape index (κ1) is 28.2. The van der Waals surface area contributed by atoms with Crippen molar-refractivity contribution in [2.75, 3.05) is 13.1 Å². The van der Waals surface area contributed by atoms with Crippen molar-refractivity contribution in [1.82, 2.24) is 20.9 Å². The molecule has 174 valence electrons. The molecule has 0 aromatic carbocycles. The summed E-state index contributed by atoms with van der Waals surface area (Å²) in [4.78, 5) is 48.6. The van der Waals surface area contributed by atoms with Crippen molar-refractivity contribution in [3.05, 3.63) is 30.1 Å². The van der Waals surface area contributed by atoms with E-state index in [2.05, 4.69) is 41.7 Å². The second kappa shape index (κ2) is 18.0. The molecule has 8 nitrogen and oxygen atoms in total. The van der Waals surface area contributed by atoms with Crippen molar-refractivity contribution in [2.24, 2.45) is 5.92 Å². The predicted molar refractivity (Wildman–Crippen MR) is 121 cm³/mol. The zero-order chi connectivity index (χ0) is 23.5. The normalized spacial score (nSPS) is 13.8. The minimum atomic E-state index is -0.796. The number of carbonyl (C=O) groups excluding carboxylic acids is 4. The number of amides is 3. The van der Waals surface area contributed by atoms with Crippen molar-refractivity contribution in [2.45, 2.75) is 72.3 Å². The van der Waals surface area contributed by atoms with E-state index >= 15 is 0 Å². The molecule has 1 saturated carbocycles. The van der Waals surface area contributed by atoms with E-state index in [4.69, 9.17) is 0 Å². The Morgan fingerprint density at radius 2 is 1.68 bits per heavy atom. The summed E-state index contributed by atoms with van der Waals surface area (Å²) < 4.78 is 0. The van der Waals surface area contributed by atoms with Crippen LogP contribution in [0.15, 0.2) is 24.5 Å². The van der Waals surface area contributed by atoms with Gasteiger partial charge in [0.05, 0.1) is 13.1 Å². The van der Waals surface area contributed by atoms with E-state index in [9.17, 15) is 19.2 Å². The smallest absolute Gasteiger partial charge is 0.251 e. The van der Waals surface area contributed by atoms with Gasteiger partial charge in [0.2, 0.25) is 11.8 Å². The van der Waals surface area contributed by atoms with Crippen LogP contribution in [0.25, 0.3) is 0 Å². The highest BCUT2D eigenvalue weighted by Gasteiger charge is 2.15. The molecule has 1 unspecified atom stereocenters. The zero-order valence-corrected chi connectivity index (χ0v) is 19.3. The summed E-state index contributed by atoms with van der Waals surface area (Å²) in [5.74, 6) is -0.360. The molecule has 0 saturated heterocycles. The van der Waals surface area contributed by atoms with Crippen molar-refractivity contribution in [1.29, 1.82) is 0 Å². The van der Waals surface area contributed by atoms with E-state index in [1.54, 1.807) is 0 Å². The van der Waals surface area contributed by atoms with Crippen molar-refractivity contribution in [3.8, 4) is 0 Å². The summed E-state index contributed by atoms with van der Waals surface area (Å²) in [7, 11) is 0. The molecule has 1 aliphatic carbocycles. The molecule has 2 rings (SSSR count). The van der Waals surface area contributed by atoms with Gasteiger partial charge in [-0.25, -0.2) is 0 Å². The van der Waals surface area contributed by atoms with Gasteiger partial charge in [-0.3, -0.25) is 19.4 Å². The number of pyridine rings is 1. The van der Waals surface area contributed by atoms with Crippen LogP contribution in [0, 0.1) is 5.92 Å². The van der Waals surface area contributed by atoms with Gasteiger partial charge in [-0.05, 0) is 25.0 Å². The highest BCUT2D eigenvalue weighted by Crippen LogP contribution is 2.22. The van der Waals surface area contributed by atoms with Gasteiger partial charge in [0, 0.05) is 18.0 Å². The summed E-state index contributed by atoms with van der Waals surface area (Å²) >= 11 is 0. The largest absolute Gasteiger partial charge is 0.348 e. The maximum absolute atomic E-state index is 11.7. The molecular weight excluding hydrogens is 396 g/mol. The molecule has 0 bridgehead atoms. The third kappa shape index (κ3) is 14.8. The Balaban J connectivity index is 0.000000739. The molecule has 0 spiro atoms. The maximum Gasteiger partial charge on any atom is 0.251 e. The van der Waals surface area contributed by atoms with Gasteiger partial charge < -0.3 is 20.7 Å². The minimum absolute atomic E-state index is 0.113. The third-order valence-corrected chi connectivity index (χ3v) is 4.38. The standard InChI is InChI=1S/C13H16N4O4.C7H14.C3H8/c1-9(12(20)15-6-7-18)17-11(19)8-16-13(21)10-2-4-14-5-3-10;1-7-5-3-2-4-6-7;1-3-2/h2-5,7,9H,6,8H2,1H3,(H,15,20)(H,16,21)(H,17,19);7H,2-6H2,1H3;3H2,1-2H3. The van der Waals surface area contributed by atoms with Gasteiger partial charge in [-0.15, -0.1) is 0 Å². The van der Waals surface area contributed by atoms with E-state index < -0.39 is 23.8 Å². The van der Waals surface area contributed by atoms with Gasteiger partial charge in [0.25, 0.3) is 5.91 Å². The Kier molecular flexibility index (Phi) is 16.4. The summed E-state index contributed by atoms with van der Waals surface area (Å²) in [6, 6.07) is 2.24. The maximum atomic E-state index is 11.7. The molecule has 1 aliphatic rings. The van der Waals surface area contributed by atoms with E-state index in [1.807, 2.05) is 0 Å². The lowest BCUT2D eigenvalue weighted by atomic mass is 9.91. The van der Waals surface area contributed by atoms with E-state index in [-0.39, 0.29) is 13.1 Å². The number of carbonyl (C=O) groups is 4. The van der Waals surface area contributed by atoms with Crippen LogP contribution in [-0.2, 0) is 14.4 Å². The predicted octanol–water partition coefficient (Wildman–Crippen LogP) is 2.63. The molecule has 3 amide bonds. The summed E-state index contributed by atoms with van der Waals surface area (Å²) in [6.45, 7) is 7.71. The summed E-state index contributed by atoms with van der Waals surface area (Å²) in [6.07, 6.45) is 12.2.